The summed E-state index contributed by atoms with van der Waals surface area (Å²) >= 11 is 0. The first-order valence-electron chi connectivity index (χ1n) is 17.9. The second-order valence-electron chi connectivity index (χ2n) is 15.5. The minimum Gasteiger partial charge on any atom is -0.0654 e. The van der Waals surface area contributed by atoms with Gasteiger partial charge in [0.2, 0.25) is 0 Å². The van der Waals surface area contributed by atoms with Crippen molar-refractivity contribution in [2.75, 3.05) is 0 Å². The predicted molar refractivity (Wildman–Crippen MR) is 164 cm³/mol. The molecule has 0 aromatic carbocycles. The molecule has 0 bridgehead atoms. The summed E-state index contributed by atoms with van der Waals surface area (Å²) in [5.41, 5.74) is 0. The molecule has 216 valence electrons. The van der Waals surface area contributed by atoms with Gasteiger partial charge in [-0.3, -0.25) is 0 Å². The lowest BCUT2D eigenvalue weighted by molar-refractivity contribution is 0.0160. The number of hydrogen-bond acceptors (Lipinski definition) is 0. The zero-order chi connectivity index (χ0) is 26.4. The molecule has 0 nitrogen and oxygen atoms in total. The van der Waals surface area contributed by atoms with Crippen molar-refractivity contribution < 1.29 is 0 Å². The molecule has 5 aliphatic carbocycles. The summed E-state index contributed by atoms with van der Waals surface area (Å²) in [6, 6.07) is 0. The van der Waals surface area contributed by atoms with Crippen molar-refractivity contribution >= 4 is 0 Å². The van der Waals surface area contributed by atoms with E-state index in [-0.39, 0.29) is 0 Å². The van der Waals surface area contributed by atoms with Gasteiger partial charge in [-0.15, -0.1) is 0 Å². The third kappa shape index (κ3) is 7.40. The Kier molecular flexibility index (Phi) is 11.8. The van der Waals surface area contributed by atoms with Crippen molar-refractivity contribution in [3.05, 3.63) is 0 Å². The van der Waals surface area contributed by atoms with Crippen LogP contribution in [0, 0.1) is 71.0 Å². The summed E-state index contributed by atoms with van der Waals surface area (Å²) in [5, 5.41) is 0. The fourth-order valence-electron chi connectivity index (χ4n) is 11.3. The SMILES string of the molecule is CCCCC1C(C)CC2CCCC2C1C1CCCC1.CCCCC1CCC(C2C(C)CC(C)C2C)CC1. The van der Waals surface area contributed by atoms with Crippen LogP contribution in [0.25, 0.3) is 0 Å². The largest absolute Gasteiger partial charge is 0.0654 e. The van der Waals surface area contributed by atoms with Crippen molar-refractivity contribution in [2.45, 2.75) is 164 Å². The molecule has 0 heteroatoms. The molecule has 0 N–H and O–H groups in total. The number of hydrogen-bond donors (Lipinski definition) is 0. The van der Waals surface area contributed by atoms with Crippen LogP contribution in [-0.2, 0) is 0 Å². The van der Waals surface area contributed by atoms with E-state index in [2.05, 4.69) is 41.5 Å². The van der Waals surface area contributed by atoms with Gasteiger partial charge < -0.3 is 0 Å². The van der Waals surface area contributed by atoms with Crippen LogP contribution in [0.3, 0.4) is 0 Å². The maximum absolute atomic E-state index is 2.59. The van der Waals surface area contributed by atoms with Crippen molar-refractivity contribution in [1.82, 2.24) is 0 Å². The molecule has 9 atom stereocenters. The molecule has 0 saturated heterocycles. The molecule has 5 fully saturated rings. The average Bonchev–Trinajstić information content (AvgIpc) is 3.64. The van der Waals surface area contributed by atoms with Crippen LogP contribution < -0.4 is 0 Å². The van der Waals surface area contributed by atoms with E-state index in [9.17, 15) is 0 Å². The van der Waals surface area contributed by atoms with Gasteiger partial charge in [-0.2, -0.15) is 0 Å². The molecule has 0 aromatic rings. The van der Waals surface area contributed by atoms with Crippen LogP contribution in [-0.4, -0.2) is 0 Å². The van der Waals surface area contributed by atoms with Crippen molar-refractivity contribution in [3.8, 4) is 0 Å². The first-order valence-corrected chi connectivity index (χ1v) is 17.9. The van der Waals surface area contributed by atoms with Crippen LogP contribution >= 0.6 is 0 Å². The molecule has 5 aliphatic rings. The maximum Gasteiger partial charge on any atom is -0.0324 e. The average molecular weight is 513 g/mol. The highest BCUT2D eigenvalue weighted by atomic mass is 14.5. The van der Waals surface area contributed by atoms with E-state index in [0.29, 0.717) is 0 Å². The molecule has 0 heterocycles. The highest BCUT2D eigenvalue weighted by Crippen LogP contribution is 2.56. The Balaban J connectivity index is 0.000000173. The Labute approximate surface area is 234 Å². The van der Waals surface area contributed by atoms with Gasteiger partial charge >= 0.3 is 0 Å². The van der Waals surface area contributed by atoms with E-state index in [4.69, 9.17) is 0 Å². The van der Waals surface area contributed by atoms with Gasteiger partial charge in [-0.05, 0) is 110 Å². The first kappa shape index (κ1) is 30.0. The van der Waals surface area contributed by atoms with Crippen LogP contribution in [0.4, 0.5) is 0 Å². The summed E-state index contributed by atoms with van der Waals surface area (Å²) in [6.07, 6.45) is 28.9. The summed E-state index contributed by atoms with van der Waals surface area (Å²) in [6.45, 7) is 14.8. The van der Waals surface area contributed by atoms with Gasteiger partial charge in [0.05, 0.1) is 0 Å². The molecular formula is C37H68. The minimum absolute atomic E-state index is 0.975. The number of unbranched alkanes of at least 4 members (excludes halogenated alkanes) is 2. The molecule has 37 heavy (non-hydrogen) atoms. The summed E-state index contributed by atoms with van der Waals surface area (Å²) < 4.78 is 0. The van der Waals surface area contributed by atoms with E-state index in [1.54, 1.807) is 57.8 Å². The molecule has 9 unspecified atom stereocenters. The molecular weight excluding hydrogens is 444 g/mol. The summed E-state index contributed by atoms with van der Waals surface area (Å²) in [7, 11) is 0. The minimum atomic E-state index is 0.975. The normalized spacial score (nSPS) is 44.4. The molecule has 5 rings (SSSR count). The van der Waals surface area contributed by atoms with Crippen molar-refractivity contribution in [3.63, 3.8) is 0 Å². The third-order valence-electron chi connectivity index (χ3n) is 13.3. The summed E-state index contributed by atoms with van der Waals surface area (Å²) in [4.78, 5) is 0. The molecule has 0 aromatic heterocycles. The lowest BCUT2D eigenvalue weighted by Crippen LogP contribution is -2.40. The quantitative estimate of drug-likeness (QED) is 0.303. The number of rotatable bonds is 8. The Hall–Kier alpha value is 0. The van der Waals surface area contributed by atoms with Gasteiger partial charge in [0.25, 0.3) is 0 Å². The first-order chi connectivity index (χ1) is 17.9. The van der Waals surface area contributed by atoms with E-state index in [0.717, 1.165) is 71.0 Å². The van der Waals surface area contributed by atoms with E-state index in [1.807, 2.05) is 0 Å². The smallest absolute Gasteiger partial charge is 0.0324 e. The van der Waals surface area contributed by atoms with Crippen LogP contribution in [0.1, 0.15) is 164 Å². The van der Waals surface area contributed by atoms with Crippen LogP contribution in [0.15, 0.2) is 0 Å². The fraction of sp³-hybridized carbons (Fsp3) is 1.00. The standard InChI is InChI=1S/C19H34.C18H34/c1-3-4-11-17-14(2)13-16-10-7-12-18(16)19(17)15-8-5-6-9-15;1-5-6-7-16-8-10-17(11-9-16)18-14(3)12-13(2)15(18)4/h14-19H,3-13H2,1-2H3;13-18H,5-12H2,1-4H3. The Bertz CT molecular complexity index is 622. The van der Waals surface area contributed by atoms with Gasteiger partial charge in [0.1, 0.15) is 0 Å². The lowest BCUT2D eigenvalue weighted by Gasteiger charge is -2.47. The fourth-order valence-corrected chi connectivity index (χ4v) is 11.3. The number of fused-ring (bicyclic) bond motifs is 1. The van der Waals surface area contributed by atoms with E-state index < -0.39 is 0 Å². The van der Waals surface area contributed by atoms with Gasteiger partial charge in [0, 0.05) is 0 Å². The predicted octanol–water partition coefficient (Wildman–Crippen LogP) is 12.0. The molecule has 5 saturated carbocycles. The molecule has 0 amide bonds. The third-order valence-corrected chi connectivity index (χ3v) is 13.3. The van der Waals surface area contributed by atoms with Crippen molar-refractivity contribution in [2.24, 2.45) is 71.0 Å². The van der Waals surface area contributed by atoms with Gasteiger partial charge in [0.15, 0.2) is 0 Å². The van der Waals surface area contributed by atoms with E-state index in [1.165, 1.54) is 64.2 Å². The highest BCUT2D eigenvalue weighted by Gasteiger charge is 2.47. The topological polar surface area (TPSA) is 0 Å². The maximum atomic E-state index is 2.59. The van der Waals surface area contributed by atoms with Gasteiger partial charge in [-0.25, -0.2) is 0 Å². The van der Waals surface area contributed by atoms with Crippen LogP contribution in [0.2, 0.25) is 0 Å². The Morgan fingerprint density at radius 2 is 1.14 bits per heavy atom. The zero-order valence-electron chi connectivity index (χ0n) is 26.4. The second kappa shape index (κ2) is 14.6. The van der Waals surface area contributed by atoms with E-state index >= 15 is 0 Å². The Morgan fingerprint density at radius 3 is 1.76 bits per heavy atom. The molecule has 0 aliphatic heterocycles. The monoisotopic (exact) mass is 513 g/mol. The molecule has 0 radical (unpaired) electrons. The zero-order valence-corrected chi connectivity index (χ0v) is 26.4. The van der Waals surface area contributed by atoms with Crippen molar-refractivity contribution in [1.29, 1.82) is 0 Å². The highest BCUT2D eigenvalue weighted by molar-refractivity contribution is 4.97. The lowest BCUT2D eigenvalue weighted by atomic mass is 9.58. The second-order valence-corrected chi connectivity index (χ2v) is 15.5. The Morgan fingerprint density at radius 1 is 0.514 bits per heavy atom. The molecule has 0 spiro atoms. The summed E-state index contributed by atoms with van der Waals surface area (Å²) in [5.74, 6) is 12.8. The van der Waals surface area contributed by atoms with Crippen LogP contribution in [0.5, 0.6) is 0 Å². The van der Waals surface area contributed by atoms with Gasteiger partial charge in [-0.1, -0.05) is 125 Å².